The molecule has 0 fully saturated rings. The molecule has 1 aromatic rings. The van der Waals surface area contributed by atoms with Gasteiger partial charge in [-0.2, -0.15) is 0 Å². The molecule has 4 nitrogen and oxygen atoms in total. The molecule has 0 aliphatic rings. The zero-order valence-electron chi connectivity index (χ0n) is 7.61. The smallest absolute Gasteiger partial charge is 0.329 e. The fraction of sp³-hybridized carbons (Fsp3) is 0.333. The van der Waals surface area contributed by atoms with Gasteiger partial charge in [0.1, 0.15) is 0 Å². The minimum absolute atomic E-state index is 0.366. The maximum atomic E-state index is 10.7. The zero-order valence-corrected chi connectivity index (χ0v) is 7.61. The first-order valence-corrected chi connectivity index (χ1v) is 3.90. The molecule has 70 valence electrons. The number of pyridine rings is 1. The molecule has 1 rings (SSSR count). The molecule has 0 saturated heterocycles. The minimum atomic E-state index is -1.41. The molecule has 0 radical (unpaired) electrons. The Hall–Kier alpha value is -1.42. The molecule has 1 aromatic heterocycles. The van der Waals surface area contributed by atoms with Gasteiger partial charge in [0, 0.05) is 6.20 Å². The zero-order chi connectivity index (χ0) is 10.1. The summed E-state index contributed by atoms with van der Waals surface area (Å²) in [6.07, 6.45) is 1.60. The van der Waals surface area contributed by atoms with Crippen molar-refractivity contribution in [1.29, 1.82) is 0 Å². The lowest BCUT2D eigenvalue weighted by Crippen LogP contribution is -2.42. The second-order valence-corrected chi connectivity index (χ2v) is 3.23. The molecule has 1 heterocycles. The monoisotopic (exact) mass is 180 g/mol. The number of aryl methyl sites for hydroxylation is 1. The lowest BCUT2D eigenvalue weighted by atomic mass is 9.99. The molecule has 0 aromatic carbocycles. The van der Waals surface area contributed by atoms with Gasteiger partial charge in [0.15, 0.2) is 5.54 Å². The van der Waals surface area contributed by atoms with Gasteiger partial charge >= 0.3 is 5.97 Å². The molecular weight excluding hydrogens is 168 g/mol. The van der Waals surface area contributed by atoms with Gasteiger partial charge in [0.25, 0.3) is 0 Å². The molecule has 0 aliphatic carbocycles. The summed E-state index contributed by atoms with van der Waals surface area (Å²) in [7, 11) is 0. The number of aliphatic carboxylic acids is 1. The van der Waals surface area contributed by atoms with E-state index in [1.165, 1.54) is 6.92 Å². The lowest BCUT2D eigenvalue weighted by Gasteiger charge is -2.18. The summed E-state index contributed by atoms with van der Waals surface area (Å²) in [5.41, 5.74) is 5.50. The highest BCUT2D eigenvalue weighted by Gasteiger charge is 2.31. The van der Waals surface area contributed by atoms with Crippen LogP contribution in [-0.2, 0) is 10.3 Å². The summed E-state index contributed by atoms with van der Waals surface area (Å²) in [5, 5.41) is 8.80. The van der Waals surface area contributed by atoms with Crippen LogP contribution in [0.15, 0.2) is 18.3 Å². The third kappa shape index (κ3) is 1.84. The Morgan fingerprint density at radius 3 is 2.62 bits per heavy atom. The van der Waals surface area contributed by atoms with Gasteiger partial charge in [-0.3, -0.25) is 4.98 Å². The van der Waals surface area contributed by atoms with Crippen molar-refractivity contribution >= 4 is 5.97 Å². The van der Waals surface area contributed by atoms with Gasteiger partial charge in [0.05, 0.1) is 5.69 Å². The number of carboxylic acid groups (broad SMARTS) is 1. The van der Waals surface area contributed by atoms with E-state index in [2.05, 4.69) is 4.98 Å². The Morgan fingerprint density at radius 2 is 2.23 bits per heavy atom. The normalized spacial score (nSPS) is 15.0. The Labute approximate surface area is 76.4 Å². The standard InChI is InChI=1S/C9H12N2O2/c1-6-3-4-7(11-5-6)9(2,10)8(12)13/h3-5H,10H2,1-2H3,(H,12,13)/t9-/m0/s1. The summed E-state index contributed by atoms with van der Waals surface area (Å²) in [5.74, 6) is -1.08. The second-order valence-electron chi connectivity index (χ2n) is 3.23. The molecular formula is C9H12N2O2. The van der Waals surface area contributed by atoms with Crippen LogP contribution in [0, 0.1) is 6.92 Å². The van der Waals surface area contributed by atoms with Crippen molar-refractivity contribution in [3.05, 3.63) is 29.6 Å². The van der Waals surface area contributed by atoms with Crippen molar-refractivity contribution < 1.29 is 9.90 Å². The Balaban J connectivity index is 3.08. The van der Waals surface area contributed by atoms with Crippen LogP contribution in [-0.4, -0.2) is 16.1 Å². The van der Waals surface area contributed by atoms with E-state index in [4.69, 9.17) is 10.8 Å². The number of rotatable bonds is 2. The van der Waals surface area contributed by atoms with Crippen LogP contribution < -0.4 is 5.73 Å². The first kappa shape index (κ1) is 9.67. The maximum absolute atomic E-state index is 10.7. The molecule has 0 bridgehead atoms. The van der Waals surface area contributed by atoms with Gasteiger partial charge in [-0.15, -0.1) is 0 Å². The van der Waals surface area contributed by atoms with Crippen LogP contribution in [0.4, 0.5) is 0 Å². The number of nitrogens with zero attached hydrogens (tertiary/aromatic N) is 1. The Kier molecular flexibility index (Phi) is 2.34. The average molecular weight is 180 g/mol. The number of hydrogen-bond donors (Lipinski definition) is 2. The fourth-order valence-corrected chi connectivity index (χ4v) is 0.885. The van der Waals surface area contributed by atoms with Gasteiger partial charge in [0.2, 0.25) is 0 Å². The van der Waals surface area contributed by atoms with E-state index in [1.807, 2.05) is 6.92 Å². The third-order valence-electron chi connectivity index (χ3n) is 1.89. The van der Waals surface area contributed by atoms with Crippen molar-refractivity contribution in [2.75, 3.05) is 0 Å². The second kappa shape index (κ2) is 3.14. The molecule has 0 unspecified atom stereocenters. The fourth-order valence-electron chi connectivity index (χ4n) is 0.885. The van der Waals surface area contributed by atoms with E-state index in [0.29, 0.717) is 5.69 Å². The van der Waals surface area contributed by atoms with Crippen LogP contribution in [0.1, 0.15) is 18.2 Å². The van der Waals surface area contributed by atoms with Crippen molar-refractivity contribution in [1.82, 2.24) is 4.98 Å². The van der Waals surface area contributed by atoms with Gasteiger partial charge in [-0.05, 0) is 25.5 Å². The SMILES string of the molecule is Cc1ccc([C@](C)(N)C(=O)O)nc1. The van der Waals surface area contributed by atoms with Crippen LogP contribution in [0.3, 0.4) is 0 Å². The molecule has 1 atom stereocenters. The van der Waals surface area contributed by atoms with E-state index in [9.17, 15) is 4.79 Å². The van der Waals surface area contributed by atoms with Crippen molar-refractivity contribution in [3.63, 3.8) is 0 Å². The lowest BCUT2D eigenvalue weighted by molar-refractivity contribution is -0.143. The average Bonchev–Trinajstić information content (AvgIpc) is 2.04. The van der Waals surface area contributed by atoms with Gasteiger partial charge in [-0.25, -0.2) is 4.79 Å². The number of hydrogen-bond acceptors (Lipinski definition) is 3. The molecule has 0 aliphatic heterocycles. The summed E-state index contributed by atoms with van der Waals surface area (Å²) in [6, 6.07) is 3.42. The molecule has 0 saturated carbocycles. The predicted octanol–water partition coefficient (Wildman–Crippen LogP) is 0.649. The van der Waals surface area contributed by atoms with Crippen molar-refractivity contribution in [2.45, 2.75) is 19.4 Å². The third-order valence-corrected chi connectivity index (χ3v) is 1.89. The summed E-state index contributed by atoms with van der Waals surface area (Å²) >= 11 is 0. The highest BCUT2D eigenvalue weighted by atomic mass is 16.4. The minimum Gasteiger partial charge on any atom is -0.480 e. The molecule has 4 heteroatoms. The predicted molar refractivity (Wildman–Crippen MR) is 48.1 cm³/mol. The first-order chi connectivity index (χ1) is 5.94. The number of aromatic nitrogens is 1. The number of carboxylic acids is 1. The Morgan fingerprint density at radius 1 is 1.62 bits per heavy atom. The van der Waals surface area contributed by atoms with E-state index < -0.39 is 11.5 Å². The summed E-state index contributed by atoms with van der Waals surface area (Å²) in [6.45, 7) is 3.30. The first-order valence-electron chi connectivity index (χ1n) is 3.90. The molecule has 13 heavy (non-hydrogen) atoms. The van der Waals surface area contributed by atoms with E-state index >= 15 is 0 Å². The van der Waals surface area contributed by atoms with Crippen molar-refractivity contribution in [3.8, 4) is 0 Å². The number of nitrogens with two attached hydrogens (primary N) is 1. The van der Waals surface area contributed by atoms with E-state index in [-0.39, 0.29) is 0 Å². The van der Waals surface area contributed by atoms with E-state index in [1.54, 1.807) is 18.3 Å². The molecule has 0 spiro atoms. The Bertz CT molecular complexity index is 317. The van der Waals surface area contributed by atoms with Crippen molar-refractivity contribution in [2.24, 2.45) is 5.73 Å². The van der Waals surface area contributed by atoms with Crippen LogP contribution in [0.5, 0.6) is 0 Å². The van der Waals surface area contributed by atoms with Crippen LogP contribution >= 0.6 is 0 Å². The molecule has 3 N–H and O–H groups in total. The largest absolute Gasteiger partial charge is 0.480 e. The van der Waals surface area contributed by atoms with Gasteiger partial charge < -0.3 is 10.8 Å². The quantitative estimate of drug-likeness (QED) is 0.700. The number of carbonyl (C=O) groups is 1. The highest BCUT2D eigenvalue weighted by molar-refractivity contribution is 5.79. The van der Waals surface area contributed by atoms with Crippen LogP contribution in [0.25, 0.3) is 0 Å². The molecule has 0 amide bonds. The summed E-state index contributed by atoms with van der Waals surface area (Å²) < 4.78 is 0. The topological polar surface area (TPSA) is 76.2 Å². The maximum Gasteiger partial charge on any atom is 0.329 e. The van der Waals surface area contributed by atoms with E-state index in [0.717, 1.165) is 5.56 Å². The summed E-state index contributed by atoms with van der Waals surface area (Å²) in [4.78, 5) is 14.7. The van der Waals surface area contributed by atoms with Gasteiger partial charge in [-0.1, -0.05) is 6.07 Å². The highest BCUT2D eigenvalue weighted by Crippen LogP contribution is 2.15. The van der Waals surface area contributed by atoms with Crippen LogP contribution in [0.2, 0.25) is 0 Å².